The summed E-state index contributed by atoms with van der Waals surface area (Å²) in [4.78, 5) is 0. The zero-order valence-corrected chi connectivity index (χ0v) is 15.9. The van der Waals surface area contributed by atoms with Gasteiger partial charge in [0.1, 0.15) is 0 Å². The summed E-state index contributed by atoms with van der Waals surface area (Å²) in [6, 6.07) is 0. The number of hydrogen-bond donors (Lipinski definition) is 0. The van der Waals surface area contributed by atoms with Crippen LogP contribution in [0.1, 0.15) is 46.5 Å². The fraction of sp³-hybridized carbons (Fsp3) is 0.750. The minimum absolute atomic E-state index is 0.856. The van der Waals surface area contributed by atoms with Crippen LogP contribution in [0.2, 0.25) is 0 Å². The minimum atomic E-state index is -10.7. The predicted octanol–water partition coefficient (Wildman–Crippen LogP) is 7.79. The van der Waals surface area contributed by atoms with Gasteiger partial charge >= 0.3 is 33.0 Å². The van der Waals surface area contributed by atoms with Crippen LogP contribution >= 0.6 is 7.81 Å². The second-order valence-corrected chi connectivity index (χ2v) is 8.07. The van der Waals surface area contributed by atoms with Crippen molar-refractivity contribution in [1.82, 2.24) is 0 Å². The molecule has 24 heavy (non-hydrogen) atoms. The molecule has 0 saturated carbocycles. The van der Waals surface area contributed by atoms with Gasteiger partial charge in [-0.1, -0.05) is 39.8 Å². The van der Waals surface area contributed by atoms with Crippen LogP contribution in [0.25, 0.3) is 0 Å². The van der Waals surface area contributed by atoms with Crippen LogP contribution in [0.3, 0.4) is 0 Å². The fourth-order valence-corrected chi connectivity index (χ4v) is 2.62. The quantitative estimate of drug-likeness (QED) is 0.148. The van der Waals surface area contributed by atoms with Crippen molar-refractivity contribution < 1.29 is 29.7 Å². The van der Waals surface area contributed by atoms with Gasteiger partial charge in [-0.25, -0.2) is 0 Å². The van der Waals surface area contributed by atoms with Crippen molar-refractivity contribution in [3.8, 4) is 0 Å². The topological polar surface area (TPSA) is 0 Å². The van der Waals surface area contributed by atoms with Crippen LogP contribution in [0.4, 0.5) is 25.2 Å². The molecule has 0 aromatic rings. The summed E-state index contributed by atoms with van der Waals surface area (Å²) in [5, 5.41) is 0. The van der Waals surface area contributed by atoms with Gasteiger partial charge in [0.15, 0.2) is 0 Å². The van der Waals surface area contributed by atoms with Crippen molar-refractivity contribution in [3.05, 3.63) is 25.3 Å². The molecule has 0 aromatic heterocycles. The number of rotatable bonds is 11. The van der Waals surface area contributed by atoms with Gasteiger partial charge in [0.2, 0.25) is 0 Å². The molecule has 0 aliphatic carbocycles. The van der Waals surface area contributed by atoms with E-state index in [1.165, 1.54) is 38.8 Å². The van der Waals surface area contributed by atoms with Gasteiger partial charge in [0, 0.05) is 5.92 Å². The molecule has 1 nitrogen and oxygen atoms in total. The number of quaternary nitrogens is 1. The van der Waals surface area contributed by atoms with E-state index in [2.05, 4.69) is 46.1 Å². The van der Waals surface area contributed by atoms with Gasteiger partial charge < -0.3 is 4.48 Å². The Balaban J connectivity index is 0. The molecule has 0 aliphatic heterocycles. The molecule has 148 valence electrons. The van der Waals surface area contributed by atoms with Crippen molar-refractivity contribution in [2.24, 2.45) is 5.92 Å². The SMILES string of the molecule is C=CC[N+](CC)(CC=C)CC(CC)CCCC.F[P-](F)(F)(F)(F)F. The summed E-state index contributed by atoms with van der Waals surface area (Å²) in [5.74, 6) is 0.856. The van der Waals surface area contributed by atoms with E-state index in [-0.39, 0.29) is 0 Å². The third kappa shape index (κ3) is 19.5. The van der Waals surface area contributed by atoms with Gasteiger partial charge in [-0.2, -0.15) is 0 Å². The Kier molecular flexibility index (Phi) is 9.88. The third-order valence-electron chi connectivity index (χ3n) is 3.89. The third-order valence-corrected chi connectivity index (χ3v) is 3.89. The zero-order chi connectivity index (χ0) is 19.6. The van der Waals surface area contributed by atoms with E-state index in [0.717, 1.165) is 23.5 Å². The van der Waals surface area contributed by atoms with Gasteiger partial charge in [-0.05, 0) is 31.9 Å². The van der Waals surface area contributed by atoms with Crippen molar-refractivity contribution in [1.29, 1.82) is 0 Å². The number of unbranched alkanes of at least 4 members (excludes halogenated alkanes) is 1. The summed E-state index contributed by atoms with van der Waals surface area (Å²) in [5.41, 5.74) is 0. The first-order chi connectivity index (χ1) is 10.6. The molecular formula is C16H32F6NP. The van der Waals surface area contributed by atoms with E-state index in [1.54, 1.807) is 0 Å². The average molecular weight is 383 g/mol. The summed E-state index contributed by atoms with van der Waals surface area (Å²) in [7, 11) is -10.7. The molecule has 0 spiro atoms. The Bertz CT molecular complexity index is 355. The first-order valence-corrected chi connectivity index (χ1v) is 10.3. The summed E-state index contributed by atoms with van der Waals surface area (Å²) >= 11 is 0. The second kappa shape index (κ2) is 9.23. The van der Waals surface area contributed by atoms with Crippen LogP contribution in [-0.4, -0.2) is 30.7 Å². The van der Waals surface area contributed by atoms with Crippen molar-refractivity contribution in [2.75, 3.05) is 26.2 Å². The van der Waals surface area contributed by atoms with Crippen LogP contribution in [0.15, 0.2) is 25.3 Å². The van der Waals surface area contributed by atoms with Crippen molar-refractivity contribution in [3.63, 3.8) is 0 Å². The zero-order valence-electron chi connectivity index (χ0n) is 15.0. The van der Waals surface area contributed by atoms with Gasteiger partial charge in [0.25, 0.3) is 0 Å². The number of hydrogen-bond acceptors (Lipinski definition) is 0. The van der Waals surface area contributed by atoms with E-state index in [1.807, 2.05) is 0 Å². The molecule has 0 bridgehead atoms. The van der Waals surface area contributed by atoms with Crippen molar-refractivity contribution in [2.45, 2.75) is 46.5 Å². The molecule has 1 unspecified atom stereocenters. The standard InChI is InChI=1S/C16H32N.F6P/c1-6-11-12-16(9-4)15-17(10-5,13-7-2)14-8-3;1-7(2,3,4,5)6/h7-8,16H,2-3,6,9-15H2,1,4-5H3;/q+1;-1. The second-order valence-electron chi connectivity index (χ2n) is 6.16. The summed E-state index contributed by atoms with van der Waals surface area (Å²) < 4.78 is 60.3. The molecule has 0 heterocycles. The Morgan fingerprint density at radius 2 is 1.33 bits per heavy atom. The van der Waals surface area contributed by atoms with E-state index in [9.17, 15) is 25.2 Å². The molecule has 0 radical (unpaired) electrons. The monoisotopic (exact) mass is 383 g/mol. The van der Waals surface area contributed by atoms with E-state index in [4.69, 9.17) is 0 Å². The van der Waals surface area contributed by atoms with Crippen molar-refractivity contribution >= 4 is 7.81 Å². The Hall–Kier alpha value is -0.550. The van der Waals surface area contributed by atoms with Crippen LogP contribution in [0, 0.1) is 5.92 Å². The van der Waals surface area contributed by atoms with Gasteiger partial charge in [-0.3, -0.25) is 0 Å². The number of halogens is 6. The molecule has 0 fully saturated rings. The molecule has 1 atom stereocenters. The average Bonchev–Trinajstić information content (AvgIpc) is 2.40. The first kappa shape index (κ1) is 25.7. The Morgan fingerprint density at radius 3 is 1.58 bits per heavy atom. The molecule has 0 amide bonds. The molecule has 8 heteroatoms. The Labute approximate surface area is 142 Å². The molecular weight excluding hydrogens is 351 g/mol. The Morgan fingerprint density at radius 1 is 0.917 bits per heavy atom. The van der Waals surface area contributed by atoms with Gasteiger partial charge in [0.05, 0.1) is 26.2 Å². The maximum absolute atomic E-state index is 10.7. The molecule has 0 N–H and O–H groups in total. The van der Waals surface area contributed by atoms with E-state index < -0.39 is 7.81 Å². The maximum atomic E-state index is 9.87. The van der Waals surface area contributed by atoms with E-state index in [0.29, 0.717) is 0 Å². The molecule has 0 rings (SSSR count). The summed E-state index contributed by atoms with van der Waals surface area (Å²) in [6.45, 7) is 19.4. The summed E-state index contributed by atoms with van der Waals surface area (Å²) in [6.07, 6.45) is 9.49. The van der Waals surface area contributed by atoms with Crippen LogP contribution in [-0.2, 0) is 0 Å². The van der Waals surface area contributed by atoms with Crippen LogP contribution < -0.4 is 0 Å². The molecule has 0 aromatic carbocycles. The number of nitrogens with zero attached hydrogens (tertiary/aromatic N) is 1. The predicted molar refractivity (Wildman–Crippen MR) is 92.7 cm³/mol. The van der Waals surface area contributed by atoms with Crippen LogP contribution in [0.5, 0.6) is 0 Å². The number of likely N-dealkylation sites (N-methyl/N-ethyl adjacent to an activating group) is 1. The normalized spacial score (nSPS) is 16.2. The molecule has 0 saturated heterocycles. The van der Waals surface area contributed by atoms with Gasteiger partial charge in [-0.15, -0.1) is 0 Å². The first-order valence-electron chi connectivity index (χ1n) is 8.26. The fourth-order valence-electron chi connectivity index (χ4n) is 2.62. The molecule has 0 aliphatic rings. The van der Waals surface area contributed by atoms with E-state index >= 15 is 0 Å².